The lowest BCUT2D eigenvalue weighted by atomic mass is 9.88. The lowest BCUT2D eigenvalue weighted by Crippen LogP contribution is -2.63. The molecule has 1 heterocycles. The van der Waals surface area contributed by atoms with Gasteiger partial charge in [-0.05, 0) is 47.2 Å². The average molecular weight is 228 g/mol. The van der Waals surface area contributed by atoms with Crippen molar-refractivity contribution in [2.45, 2.75) is 45.2 Å². The van der Waals surface area contributed by atoms with Crippen molar-refractivity contribution in [2.24, 2.45) is 0 Å². The molecule has 4 heteroatoms. The second-order valence-electron chi connectivity index (χ2n) is 4.94. The minimum Gasteiger partial charge on any atom is -0.465 e. The molecule has 1 saturated heterocycles. The third-order valence-corrected chi connectivity index (χ3v) is 2.91. The van der Waals surface area contributed by atoms with E-state index in [0.29, 0.717) is 6.61 Å². The number of piperidine rings is 1. The summed E-state index contributed by atoms with van der Waals surface area (Å²) < 4.78 is 5.21. The SMILES string of the molecule is CCOC(=O)C1(NC(C)C)CCCN(C)C1. The van der Waals surface area contributed by atoms with E-state index in [1.165, 1.54) is 0 Å². The second-order valence-corrected chi connectivity index (χ2v) is 4.94. The molecule has 1 aliphatic rings. The fourth-order valence-electron chi connectivity index (χ4n) is 2.43. The Bertz CT molecular complexity index is 239. The predicted molar refractivity (Wildman–Crippen MR) is 64.4 cm³/mol. The van der Waals surface area contributed by atoms with Gasteiger partial charge in [-0.15, -0.1) is 0 Å². The first-order valence-corrected chi connectivity index (χ1v) is 6.13. The summed E-state index contributed by atoms with van der Waals surface area (Å²) in [6.07, 6.45) is 1.91. The average Bonchev–Trinajstić information content (AvgIpc) is 2.16. The summed E-state index contributed by atoms with van der Waals surface area (Å²) >= 11 is 0. The molecule has 4 nitrogen and oxygen atoms in total. The van der Waals surface area contributed by atoms with Gasteiger partial charge in [0.15, 0.2) is 0 Å². The third-order valence-electron chi connectivity index (χ3n) is 2.91. The topological polar surface area (TPSA) is 41.6 Å². The number of nitrogens with zero attached hydrogens (tertiary/aromatic N) is 1. The quantitative estimate of drug-likeness (QED) is 0.729. The lowest BCUT2D eigenvalue weighted by Gasteiger charge is -2.41. The molecule has 0 bridgehead atoms. The van der Waals surface area contributed by atoms with E-state index in [2.05, 4.69) is 31.1 Å². The molecular weight excluding hydrogens is 204 g/mol. The Hall–Kier alpha value is -0.610. The van der Waals surface area contributed by atoms with E-state index in [9.17, 15) is 4.79 Å². The molecule has 0 aromatic carbocycles. The van der Waals surface area contributed by atoms with Gasteiger partial charge < -0.3 is 9.64 Å². The van der Waals surface area contributed by atoms with Crippen LogP contribution in [0, 0.1) is 0 Å². The summed E-state index contributed by atoms with van der Waals surface area (Å²) in [5.41, 5.74) is -0.503. The number of esters is 1. The standard InChI is InChI=1S/C12H24N2O2/c1-5-16-11(15)12(13-10(2)3)7-6-8-14(4)9-12/h10,13H,5-9H2,1-4H3. The molecule has 1 atom stereocenters. The molecule has 0 spiro atoms. The zero-order chi connectivity index (χ0) is 12.2. The fourth-order valence-corrected chi connectivity index (χ4v) is 2.43. The predicted octanol–water partition coefficient (Wildman–Crippen LogP) is 1.01. The first-order valence-electron chi connectivity index (χ1n) is 6.13. The van der Waals surface area contributed by atoms with Crippen LogP contribution in [0.3, 0.4) is 0 Å². The third kappa shape index (κ3) is 3.19. The van der Waals surface area contributed by atoms with Gasteiger partial charge in [0, 0.05) is 12.6 Å². The van der Waals surface area contributed by atoms with Crippen molar-refractivity contribution in [1.82, 2.24) is 10.2 Å². The van der Waals surface area contributed by atoms with E-state index in [0.717, 1.165) is 25.9 Å². The van der Waals surface area contributed by atoms with Crippen LogP contribution in [0.5, 0.6) is 0 Å². The van der Waals surface area contributed by atoms with Gasteiger partial charge in [0.05, 0.1) is 6.61 Å². The first-order chi connectivity index (χ1) is 7.50. The highest BCUT2D eigenvalue weighted by Gasteiger charge is 2.42. The van der Waals surface area contributed by atoms with Gasteiger partial charge in [0.1, 0.15) is 5.54 Å². The van der Waals surface area contributed by atoms with E-state index in [-0.39, 0.29) is 12.0 Å². The fraction of sp³-hybridized carbons (Fsp3) is 0.917. The summed E-state index contributed by atoms with van der Waals surface area (Å²) in [7, 11) is 2.05. The monoisotopic (exact) mass is 228 g/mol. The zero-order valence-corrected chi connectivity index (χ0v) is 10.9. The van der Waals surface area contributed by atoms with E-state index >= 15 is 0 Å². The zero-order valence-electron chi connectivity index (χ0n) is 10.9. The van der Waals surface area contributed by atoms with E-state index in [1.54, 1.807) is 0 Å². The number of likely N-dealkylation sites (tertiary alicyclic amines) is 1. The molecule has 0 amide bonds. The van der Waals surface area contributed by atoms with Crippen molar-refractivity contribution < 1.29 is 9.53 Å². The van der Waals surface area contributed by atoms with Crippen LogP contribution in [0.2, 0.25) is 0 Å². The Labute approximate surface area is 98.3 Å². The number of ether oxygens (including phenoxy) is 1. The number of nitrogens with one attached hydrogen (secondary N) is 1. The Kier molecular flexibility index (Phi) is 4.74. The van der Waals surface area contributed by atoms with Crippen molar-refractivity contribution in [3.8, 4) is 0 Å². The van der Waals surface area contributed by atoms with Crippen LogP contribution < -0.4 is 5.32 Å². The minimum absolute atomic E-state index is 0.102. The Morgan fingerprint density at radius 2 is 2.25 bits per heavy atom. The lowest BCUT2D eigenvalue weighted by molar-refractivity contribution is -0.154. The van der Waals surface area contributed by atoms with Gasteiger partial charge in [-0.1, -0.05) is 0 Å². The maximum absolute atomic E-state index is 12.1. The molecule has 1 N–H and O–H groups in total. The second kappa shape index (κ2) is 5.64. The van der Waals surface area contributed by atoms with Crippen LogP contribution in [-0.2, 0) is 9.53 Å². The number of carbonyl (C=O) groups is 1. The highest BCUT2D eigenvalue weighted by atomic mass is 16.5. The van der Waals surface area contributed by atoms with E-state index in [4.69, 9.17) is 4.74 Å². The van der Waals surface area contributed by atoms with Crippen molar-refractivity contribution in [1.29, 1.82) is 0 Å². The van der Waals surface area contributed by atoms with Crippen LogP contribution in [0.1, 0.15) is 33.6 Å². The number of carbonyl (C=O) groups excluding carboxylic acids is 1. The molecule has 1 unspecified atom stereocenters. The summed E-state index contributed by atoms with van der Waals surface area (Å²) in [6.45, 7) is 8.23. The van der Waals surface area contributed by atoms with Crippen LogP contribution >= 0.6 is 0 Å². The van der Waals surface area contributed by atoms with Crippen molar-refractivity contribution in [3.05, 3.63) is 0 Å². The number of likely N-dealkylation sites (N-methyl/N-ethyl adjacent to an activating group) is 1. The molecule has 16 heavy (non-hydrogen) atoms. The molecular formula is C12H24N2O2. The van der Waals surface area contributed by atoms with Crippen molar-refractivity contribution in [2.75, 3.05) is 26.7 Å². The first kappa shape index (κ1) is 13.5. The van der Waals surface area contributed by atoms with E-state index in [1.807, 2.05) is 6.92 Å². The summed E-state index contributed by atoms with van der Waals surface area (Å²) in [5, 5.41) is 3.39. The molecule has 0 aromatic heterocycles. The van der Waals surface area contributed by atoms with Crippen LogP contribution in [0.4, 0.5) is 0 Å². The number of hydrogen-bond donors (Lipinski definition) is 1. The Morgan fingerprint density at radius 1 is 1.56 bits per heavy atom. The molecule has 1 aliphatic heterocycles. The Balaban J connectivity index is 2.78. The highest BCUT2D eigenvalue weighted by molar-refractivity contribution is 5.81. The number of rotatable bonds is 4. The van der Waals surface area contributed by atoms with Crippen molar-refractivity contribution >= 4 is 5.97 Å². The smallest absolute Gasteiger partial charge is 0.327 e. The van der Waals surface area contributed by atoms with E-state index < -0.39 is 5.54 Å². The van der Waals surface area contributed by atoms with Gasteiger partial charge in [-0.2, -0.15) is 0 Å². The minimum atomic E-state index is -0.503. The van der Waals surface area contributed by atoms with Gasteiger partial charge >= 0.3 is 5.97 Å². The van der Waals surface area contributed by atoms with Gasteiger partial charge in [-0.25, -0.2) is 4.79 Å². The van der Waals surface area contributed by atoms with Crippen LogP contribution in [0.25, 0.3) is 0 Å². The molecule has 0 saturated carbocycles. The van der Waals surface area contributed by atoms with Gasteiger partial charge in [-0.3, -0.25) is 5.32 Å². The molecule has 94 valence electrons. The summed E-state index contributed by atoms with van der Waals surface area (Å²) in [4.78, 5) is 14.3. The van der Waals surface area contributed by atoms with Crippen molar-refractivity contribution in [3.63, 3.8) is 0 Å². The normalized spacial score (nSPS) is 27.1. The molecule has 1 rings (SSSR count). The highest BCUT2D eigenvalue weighted by Crippen LogP contribution is 2.22. The maximum Gasteiger partial charge on any atom is 0.327 e. The summed E-state index contributed by atoms with van der Waals surface area (Å²) in [5.74, 6) is -0.102. The molecule has 0 aliphatic carbocycles. The Morgan fingerprint density at radius 3 is 2.75 bits per heavy atom. The molecule has 1 fully saturated rings. The number of hydrogen-bond acceptors (Lipinski definition) is 4. The summed E-state index contributed by atoms with van der Waals surface area (Å²) in [6, 6.07) is 0.288. The van der Waals surface area contributed by atoms with Gasteiger partial charge in [0.25, 0.3) is 0 Å². The van der Waals surface area contributed by atoms with Crippen LogP contribution in [0.15, 0.2) is 0 Å². The maximum atomic E-state index is 12.1. The molecule has 0 aromatic rings. The molecule has 0 radical (unpaired) electrons. The van der Waals surface area contributed by atoms with Crippen LogP contribution in [-0.4, -0.2) is 49.2 Å². The van der Waals surface area contributed by atoms with Gasteiger partial charge in [0.2, 0.25) is 0 Å². The largest absolute Gasteiger partial charge is 0.465 e.